The SMILES string of the molecule is CC1(C)c2nc(-c3ccc(F)cc3)c(Nc3ccc(F)cc3)n2CCN1C(=O)CNC(=O)CCc1ccc2n1[B-](F)(F)[N+]1=C(c3ccccc3)C=CC1=C2. The second-order valence-corrected chi connectivity index (χ2v) is 14.0. The molecule has 8 rings (SSSR count). The van der Waals surface area contributed by atoms with Gasteiger partial charge in [-0.2, -0.15) is 0 Å². The van der Waals surface area contributed by atoms with Crippen molar-refractivity contribution in [3.05, 3.63) is 143 Å². The lowest BCUT2D eigenvalue weighted by molar-refractivity contribution is -0.360. The predicted molar refractivity (Wildman–Crippen MR) is 199 cm³/mol. The molecule has 0 unspecified atom stereocenters. The molecule has 3 aliphatic rings. The van der Waals surface area contributed by atoms with E-state index in [0.717, 1.165) is 8.96 Å². The molecular weight excluding hydrogens is 697 g/mol. The van der Waals surface area contributed by atoms with Gasteiger partial charge in [0, 0.05) is 60.2 Å². The number of fused-ring (bicyclic) bond motifs is 3. The molecule has 0 radical (unpaired) electrons. The van der Waals surface area contributed by atoms with Crippen LogP contribution in [0.15, 0.2) is 109 Å². The van der Waals surface area contributed by atoms with E-state index in [1.165, 1.54) is 24.3 Å². The van der Waals surface area contributed by atoms with Crippen LogP contribution in [0.4, 0.5) is 28.9 Å². The Morgan fingerprint density at radius 2 is 1.57 bits per heavy atom. The van der Waals surface area contributed by atoms with Gasteiger partial charge in [-0.25, -0.2) is 13.8 Å². The Morgan fingerprint density at radius 1 is 0.870 bits per heavy atom. The molecule has 274 valence electrons. The zero-order valence-corrected chi connectivity index (χ0v) is 29.6. The number of nitrogens with zero attached hydrogens (tertiary/aromatic N) is 5. The minimum Gasteiger partial charge on any atom is -0.394 e. The van der Waals surface area contributed by atoms with Crippen LogP contribution >= 0.6 is 0 Å². The van der Waals surface area contributed by atoms with Crippen LogP contribution in [0, 0.1) is 11.6 Å². The van der Waals surface area contributed by atoms with Gasteiger partial charge in [-0.05, 0) is 98.8 Å². The molecule has 0 aliphatic carbocycles. The fraction of sp³-hybridized carbons (Fsp3) is 0.200. The van der Waals surface area contributed by atoms with Crippen molar-refractivity contribution < 1.29 is 31.5 Å². The van der Waals surface area contributed by atoms with Gasteiger partial charge in [0.05, 0.1) is 12.1 Å². The highest BCUT2D eigenvalue weighted by molar-refractivity contribution is 6.58. The van der Waals surface area contributed by atoms with E-state index in [0.29, 0.717) is 70.0 Å². The van der Waals surface area contributed by atoms with Gasteiger partial charge in [0.15, 0.2) is 11.4 Å². The topological polar surface area (TPSA) is 87.2 Å². The highest BCUT2D eigenvalue weighted by atomic mass is 19.2. The maximum Gasteiger partial charge on any atom is 0.737 e. The lowest BCUT2D eigenvalue weighted by Gasteiger charge is -2.42. The number of anilines is 2. The van der Waals surface area contributed by atoms with E-state index >= 15 is 8.63 Å². The summed E-state index contributed by atoms with van der Waals surface area (Å²) in [6, 6.07) is 24.1. The van der Waals surface area contributed by atoms with Gasteiger partial charge in [0.2, 0.25) is 11.8 Å². The highest BCUT2D eigenvalue weighted by Gasteiger charge is 2.52. The van der Waals surface area contributed by atoms with Crippen LogP contribution in [0.1, 0.15) is 43.0 Å². The molecule has 2 aromatic heterocycles. The predicted octanol–water partition coefficient (Wildman–Crippen LogP) is 6.85. The van der Waals surface area contributed by atoms with Crippen molar-refractivity contribution in [1.82, 2.24) is 24.2 Å². The minimum absolute atomic E-state index is 0.0467. The number of imidazole rings is 1. The fourth-order valence-electron chi connectivity index (χ4n) is 7.63. The molecule has 0 atom stereocenters. The van der Waals surface area contributed by atoms with E-state index in [1.54, 1.807) is 83.8 Å². The molecule has 0 saturated carbocycles. The number of aryl methyl sites for hydroxylation is 1. The van der Waals surface area contributed by atoms with Crippen molar-refractivity contribution in [3.8, 4) is 11.3 Å². The summed E-state index contributed by atoms with van der Waals surface area (Å²) in [5, 5.41) is 6.03. The third-order valence-electron chi connectivity index (χ3n) is 10.3. The number of benzene rings is 3. The third-order valence-corrected chi connectivity index (χ3v) is 10.3. The summed E-state index contributed by atoms with van der Waals surface area (Å²) in [6.07, 6.45) is 5.04. The maximum atomic E-state index is 16.3. The largest absolute Gasteiger partial charge is 0.737 e. The van der Waals surface area contributed by atoms with Crippen LogP contribution < -0.4 is 10.6 Å². The quantitative estimate of drug-likeness (QED) is 0.128. The van der Waals surface area contributed by atoms with E-state index in [1.807, 2.05) is 24.5 Å². The Labute approximate surface area is 309 Å². The normalized spacial score (nSPS) is 16.4. The number of hydrogen-bond donors (Lipinski definition) is 2. The fourth-order valence-corrected chi connectivity index (χ4v) is 7.63. The number of halogens is 4. The second-order valence-electron chi connectivity index (χ2n) is 14.0. The Kier molecular flexibility index (Phi) is 8.62. The standard InChI is InChI=1S/C40H36BF4N7O2/c1-40(2)39-48-37(27-8-10-28(42)11-9-27)38(47-30-14-12-29(43)13-15-30)49(39)22-23-50(40)36(54)25-46-35(53)21-19-31-16-17-32-24-33-18-20-34(26-6-4-3-5-7-26)52(33)41(44,45)51(31)32/h3-18,20,24,47H,19,21-23,25H2,1-2H3,(H,46,53). The molecule has 0 fully saturated rings. The number of hydrogen-bond acceptors (Lipinski definition) is 4. The number of carbonyl (C=O) groups excluding carboxylic acids is 2. The van der Waals surface area contributed by atoms with E-state index in [4.69, 9.17) is 4.98 Å². The van der Waals surface area contributed by atoms with Gasteiger partial charge in [-0.3, -0.25) is 9.59 Å². The zero-order chi connectivity index (χ0) is 37.8. The first-order valence-electron chi connectivity index (χ1n) is 17.7. The van der Waals surface area contributed by atoms with Crippen LogP contribution in [0.5, 0.6) is 0 Å². The molecule has 0 saturated heterocycles. The van der Waals surface area contributed by atoms with Crippen LogP contribution in [-0.4, -0.2) is 61.0 Å². The van der Waals surface area contributed by atoms with Crippen molar-refractivity contribution >= 4 is 42.1 Å². The molecule has 5 aromatic rings. The van der Waals surface area contributed by atoms with E-state index in [9.17, 15) is 18.4 Å². The second kappa shape index (κ2) is 13.3. The Balaban J connectivity index is 0.962. The summed E-state index contributed by atoms with van der Waals surface area (Å²) in [4.78, 5) is 33.3. The zero-order valence-electron chi connectivity index (χ0n) is 29.6. The molecule has 9 nitrogen and oxygen atoms in total. The number of nitrogens with one attached hydrogen (secondary N) is 2. The Morgan fingerprint density at radius 3 is 2.30 bits per heavy atom. The molecule has 3 aliphatic heterocycles. The minimum atomic E-state index is -4.25. The monoisotopic (exact) mass is 733 g/mol. The average Bonchev–Trinajstić information content (AvgIpc) is 3.88. The van der Waals surface area contributed by atoms with Gasteiger partial charge >= 0.3 is 6.97 Å². The molecule has 0 bridgehead atoms. The molecule has 5 heterocycles. The number of aromatic nitrogens is 3. The summed E-state index contributed by atoms with van der Waals surface area (Å²) in [5.41, 5.74) is 3.04. The van der Waals surface area contributed by atoms with Gasteiger partial charge in [-0.15, -0.1) is 0 Å². The smallest absolute Gasteiger partial charge is 0.394 e. The first-order valence-corrected chi connectivity index (χ1v) is 17.7. The maximum absolute atomic E-state index is 16.3. The lowest BCUT2D eigenvalue weighted by Crippen LogP contribution is -2.54. The van der Waals surface area contributed by atoms with Crippen molar-refractivity contribution in [2.45, 2.75) is 38.8 Å². The molecule has 2 amide bonds. The first-order chi connectivity index (χ1) is 25.9. The number of allylic oxidation sites excluding steroid dienone is 2. The Hall–Kier alpha value is -6.18. The molecule has 2 N–H and O–H groups in total. The van der Waals surface area contributed by atoms with Crippen LogP contribution in [0.3, 0.4) is 0 Å². The highest BCUT2D eigenvalue weighted by Crippen LogP contribution is 2.40. The van der Waals surface area contributed by atoms with Gasteiger partial charge in [0.1, 0.15) is 29.0 Å². The van der Waals surface area contributed by atoms with Crippen LogP contribution in [0.25, 0.3) is 17.3 Å². The number of carbonyl (C=O) groups is 2. The molecule has 0 spiro atoms. The Bertz CT molecular complexity index is 2380. The summed E-state index contributed by atoms with van der Waals surface area (Å²) in [6.45, 7) is -0.174. The average molecular weight is 734 g/mol. The molecule has 14 heteroatoms. The third kappa shape index (κ3) is 6.10. The van der Waals surface area contributed by atoms with Gasteiger partial charge in [0.25, 0.3) is 0 Å². The molecule has 54 heavy (non-hydrogen) atoms. The van der Waals surface area contributed by atoms with Crippen LogP contribution in [-0.2, 0) is 28.1 Å². The van der Waals surface area contributed by atoms with E-state index in [-0.39, 0.29) is 31.1 Å². The van der Waals surface area contributed by atoms with Gasteiger partial charge in [-0.1, -0.05) is 18.2 Å². The van der Waals surface area contributed by atoms with Crippen molar-refractivity contribution in [2.75, 3.05) is 18.4 Å². The first kappa shape index (κ1) is 34.9. The van der Waals surface area contributed by atoms with Crippen molar-refractivity contribution in [1.29, 1.82) is 0 Å². The summed E-state index contributed by atoms with van der Waals surface area (Å²) < 4.78 is 64.1. The van der Waals surface area contributed by atoms with E-state index < -0.39 is 24.2 Å². The number of amides is 2. The lowest BCUT2D eigenvalue weighted by atomic mass is 9.89. The molecule has 3 aromatic carbocycles. The summed E-state index contributed by atoms with van der Waals surface area (Å²) in [5.74, 6) is -0.378. The number of rotatable bonds is 9. The summed E-state index contributed by atoms with van der Waals surface area (Å²) >= 11 is 0. The van der Waals surface area contributed by atoms with Gasteiger partial charge < -0.3 is 37.7 Å². The van der Waals surface area contributed by atoms with Crippen LogP contribution in [0.2, 0.25) is 0 Å². The van der Waals surface area contributed by atoms with Crippen molar-refractivity contribution in [2.24, 2.45) is 0 Å². The molecular formula is C40H36BF4N7O2. The van der Waals surface area contributed by atoms with Crippen molar-refractivity contribution in [3.63, 3.8) is 0 Å². The van der Waals surface area contributed by atoms with E-state index in [2.05, 4.69) is 10.6 Å². The summed E-state index contributed by atoms with van der Waals surface area (Å²) in [7, 11) is 0.